The van der Waals surface area contributed by atoms with E-state index in [2.05, 4.69) is 5.32 Å². The molecule has 0 spiro atoms. The lowest BCUT2D eigenvalue weighted by Crippen LogP contribution is -2.63. The Labute approximate surface area is 281 Å². The maximum atomic E-state index is 14.0. The van der Waals surface area contributed by atoms with Gasteiger partial charge in [-0.25, -0.2) is 4.79 Å². The summed E-state index contributed by atoms with van der Waals surface area (Å²) in [7, 11) is 6.38. The number of epoxide rings is 1. The van der Waals surface area contributed by atoms with Crippen LogP contribution in [0.4, 0.5) is 10.5 Å². The first-order valence-electron chi connectivity index (χ1n) is 15.9. The predicted molar refractivity (Wildman–Crippen MR) is 176 cm³/mol. The quantitative estimate of drug-likeness (QED) is 0.335. The van der Waals surface area contributed by atoms with Crippen LogP contribution in [0, 0.1) is 5.92 Å². The number of ether oxygens (including phenoxy) is 5. The van der Waals surface area contributed by atoms with Gasteiger partial charge in [0.15, 0.2) is 5.72 Å². The number of methoxy groups -OCH3 is 2. The highest BCUT2D eigenvalue weighted by Gasteiger charge is 2.64. The molecule has 0 aliphatic carbocycles. The molecule has 8 atom stereocenters. The van der Waals surface area contributed by atoms with Gasteiger partial charge >= 0.3 is 12.1 Å². The highest BCUT2D eigenvalue weighted by molar-refractivity contribution is 6.35. The molecule has 47 heavy (non-hydrogen) atoms. The number of aliphatic hydroxyl groups is 1. The summed E-state index contributed by atoms with van der Waals surface area (Å²) in [6, 6.07) is 3.07. The number of anilines is 1. The second kappa shape index (κ2) is 14.5. The number of allylic oxidation sites excluding steroid dienone is 3. The molecule has 0 aromatic heterocycles. The number of esters is 1. The van der Waals surface area contributed by atoms with Crippen LogP contribution >= 0.6 is 11.6 Å². The number of halogens is 1. The van der Waals surface area contributed by atoms with E-state index in [4.69, 9.17) is 35.3 Å². The molecule has 260 valence electrons. The molecular formula is C34H48ClN3O9. The van der Waals surface area contributed by atoms with Crippen LogP contribution in [-0.4, -0.2) is 105 Å². The summed E-state index contributed by atoms with van der Waals surface area (Å²) >= 11 is 6.73. The Morgan fingerprint density at radius 1 is 1.30 bits per heavy atom. The van der Waals surface area contributed by atoms with Gasteiger partial charge in [-0.3, -0.25) is 19.8 Å². The molecule has 3 aliphatic heterocycles. The molecule has 1 aromatic rings. The first-order chi connectivity index (χ1) is 22.1. The molecule has 12 nitrogen and oxygen atoms in total. The van der Waals surface area contributed by atoms with Gasteiger partial charge in [0.2, 0.25) is 5.91 Å². The minimum atomic E-state index is -1.78. The molecule has 2 saturated heterocycles. The number of nitrogens with one attached hydrogen (secondary N) is 1. The number of likely N-dealkylation sites (N-methyl/N-ethyl adjacent to an activating group) is 1. The Morgan fingerprint density at radius 2 is 2.00 bits per heavy atom. The van der Waals surface area contributed by atoms with Crippen molar-refractivity contribution in [2.24, 2.45) is 5.92 Å². The number of alkyl carbamates (subject to hydrolysis) is 1. The lowest BCUT2D eigenvalue weighted by molar-refractivity contribution is -0.158. The van der Waals surface area contributed by atoms with Crippen molar-refractivity contribution in [2.75, 3.05) is 39.8 Å². The molecule has 1 aromatic carbocycles. The van der Waals surface area contributed by atoms with Crippen molar-refractivity contribution < 1.29 is 43.2 Å². The van der Waals surface area contributed by atoms with Crippen molar-refractivity contribution in [1.29, 1.82) is 0 Å². The zero-order chi connectivity index (χ0) is 34.8. The van der Waals surface area contributed by atoms with Crippen molar-refractivity contribution in [2.45, 2.75) is 95.7 Å². The number of nitrogens with zero attached hydrogens (tertiary/aromatic N) is 2. The van der Waals surface area contributed by atoms with Gasteiger partial charge in [0, 0.05) is 26.5 Å². The Bertz CT molecular complexity index is 1420. The van der Waals surface area contributed by atoms with Gasteiger partial charge in [0.1, 0.15) is 40.7 Å². The first-order valence-corrected chi connectivity index (χ1v) is 16.3. The van der Waals surface area contributed by atoms with E-state index in [0.29, 0.717) is 24.4 Å². The van der Waals surface area contributed by atoms with Gasteiger partial charge in [-0.2, -0.15) is 0 Å². The molecule has 3 aliphatic rings. The monoisotopic (exact) mass is 677 g/mol. The van der Waals surface area contributed by atoms with Crippen LogP contribution in [0.5, 0.6) is 5.75 Å². The van der Waals surface area contributed by atoms with E-state index < -0.39 is 59.8 Å². The molecule has 3 heterocycles. The Balaban J connectivity index is 1.79. The number of amides is 2. The second-order valence-corrected chi connectivity index (χ2v) is 13.4. The minimum absolute atomic E-state index is 0.00400. The fourth-order valence-electron chi connectivity index (χ4n) is 6.30. The predicted octanol–water partition coefficient (Wildman–Crippen LogP) is 4.01. The minimum Gasteiger partial charge on any atom is -0.495 e. The van der Waals surface area contributed by atoms with E-state index in [-0.39, 0.29) is 23.8 Å². The summed E-state index contributed by atoms with van der Waals surface area (Å²) in [5.74, 6) is -0.910. The third kappa shape index (κ3) is 7.78. The van der Waals surface area contributed by atoms with Gasteiger partial charge in [-0.1, -0.05) is 49.2 Å². The zero-order valence-corrected chi connectivity index (χ0v) is 29.4. The topological polar surface area (TPSA) is 139 Å². The number of hydrogen-bond acceptors (Lipinski definition) is 10. The van der Waals surface area contributed by atoms with Crippen LogP contribution in [0.3, 0.4) is 0 Å². The van der Waals surface area contributed by atoms with Gasteiger partial charge in [-0.15, -0.1) is 0 Å². The highest BCUT2D eigenvalue weighted by atomic mass is 35.5. The SMILES string of the molecule is CCN(C)[C@@H](C)C(=O)O[C@H]1CC(=O)N(C)c2cc(cc(OC)c2Cl)C/C(C)=C/C=C/[C@@H](OC)[C@@]2(O)C[C@H](OC(=O)N2)[C@@H](C)[C@@H]2O[C@@]12C. The molecule has 0 unspecified atom stereocenters. The second-order valence-electron chi connectivity index (χ2n) is 13.0. The van der Waals surface area contributed by atoms with Crippen molar-refractivity contribution in [1.82, 2.24) is 10.2 Å². The van der Waals surface area contributed by atoms with Crippen LogP contribution in [-0.2, 0) is 35.0 Å². The standard InChI is InChI=1S/C34H48ClN3O9/c1-10-37(6)21(4)31(40)46-27-17-28(39)38(7)23-15-22(16-24(43-8)29(23)35)14-19(2)12-11-13-26(44-9)34(42)18-25(45-32(41)36-34)20(3)30-33(27,5)47-30/h11-13,15-16,20-21,25-27,30,42H,10,14,17-18H2,1-9H3,(H,36,41)/b13-11+,19-12+/t20-,21+,25+,26-,27+,30+,33+,34+/m1/s1. The molecular weight excluding hydrogens is 630 g/mol. The zero-order valence-electron chi connectivity index (χ0n) is 28.7. The number of carbonyl (C=O) groups is 3. The van der Waals surface area contributed by atoms with E-state index in [1.807, 2.05) is 50.9 Å². The number of fused-ring (bicyclic) bond motifs is 5. The lowest BCUT2D eigenvalue weighted by Gasteiger charge is -2.42. The van der Waals surface area contributed by atoms with E-state index in [9.17, 15) is 19.5 Å². The molecule has 2 fully saturated rings. The molecule has 0 radical (unpaired) electrons. The van der Waals surface area contributed by atoms with Crippen molar-refractivity contribution in [3.05, 3.63) is 46.5 Å². The largest absolute Gasteiger partial charge is 0.495 e. The molecule has 13 heteroatoms. The van der Waals surface area contributed by atoms with Crippen LogP contribution in [0.1, 0.15) is 53.0 Å². The van der Waals surface area contributed by atoms with Crippen LogP contribution < -0.4 is 15.0 Å². The average molecular weight is 678 g/mol. The smallest absolute Gasteiger partial charge is 0.409 e. The van der Waals surface area contributed by atoms with Gasteiger partial charge in [-0.05, 0) is 58.5 Å². The summed E-state index contributed by atoms with van der Waals surface area (Å²) in [4.78, 5) is 43.4. The molecule has 2 N–H and O–H groups in total. The lowest BCUT2D eigenvalue weighted by atomic mass is 9.83. The number of carbonyl (C=O) groups excluding carboxylic acids is 3. The Kier molecular flexibility index (Phi) is 11.3. The maximum absolute atomic E-state index is 14.0. The fourth-order valence-corrected chi connectivity index (χ4v) is 6.61. The molecule has 0 saturated carbocycles. The summed E-state index contributed by atoms with van der Waals surface area (Å²) in [6.45, 7) is 9.84. The van der Waals surface area contributed by atoms with E-state index in [1.165, 1.54) is 19.1 Å². The highest BCUT2D eigenvalue weighted by Crippen LogP contribution is 2.49. The van der Waals surface area contributed by atoms with Gasteiger partial charge in [0.05, 0.1) is 25.3 Å². The normalized spacial score (nSPS) is 33.9. The van der Waals surface area contributed by atoms with Crippen LogP contribution in [0.25, 0.3) is 0 Å². The average Bonchev–Trinajstić information content (AvgIpc) is 3.73. The number of benzene rings is 1. The Hall–Kier alpha value is -3.16. The summed E-state index contributed by atoms with van der Waals surface area (Å²) in [6.07, 6.45) is 1.54. The molecule has 4 bridgehead atoms. The summed E-state index contributed by atoms with van der Waals surface area (Å²) in [5.41, 5.74) is -0.640. The van der Waals surface area contributed by atoms with E-state index >= 15 is 0 Å². The van der Waals surface area contributed by atoms with E-state index in [1.54, 1.807) is 33.0 Å². The molecule has 2 amide bonds. The van der Waals surface area contributed by atoms with Crippen LogP contribution in [0.15, 0.2) is 35.9 Å². The third-order valence-electron chi connectivity index (χ3n) is 9.71. The van der Waals surface area contributed by atoms with Crippen LogP contribution in [0.2, 0.25) is 5.02 Å². The maximum Gasteiger partial charge on any atom is 0.409 e. The Morgan fingerprint density at radius 3 is 2.64 bits per heavy atom. The van der Waals surface area contributed by atoms with Crippen molar-refractivity contribution in [3.63, 3.8) is 0 Å². The van der Waals surface area contributed by atoms with Gasteiger partial charge < -0.3 is 33.7 Å². The number of rotatable bonds is 6. The number of hydrogen-bond donors (Lipinski definition) is 2. The van der Waals surface area contributed by atoms with Crippen molar-refractivity contribution in [3.8, 4) is 5.75 Å². The summed E-state index contributed by atoms with van der Waals surface area (Å²) < 4.78 is 29.1. The molecule has 4 rings (SSSR count). The van der Waals surface area contributed by atoms with E-state index in [0.717, 1.165) is 11.1 Å². The van der Waals surface area contributed by atoms with Crippen molar-refractivity contribution >= 4 is 35.3 Å². The van der Waals surface area contributed by atoms with Gasteiger partial charge in [0.25, 0.3) is 0 Å². The summed E-state index contributed by atoms with van der Waals surface area (Å²) in [5, 5.41) is 14.5. The third-order valence-corrected chi connectivity index (χ3v) is 10.1. The first kappa shape index (κ1) is 36.7. The fraction of sp³-hybridized carbons (Fsp3) is 0.618.